The van der Waals surface area contributed by atoms with Crippen molar-refractivity contribution in [3.63, 3.8) is 0 Å². The summed E-state index contributed by atoms with van der Waals surface area (Å²) in [7, 11) is 0. The van der Waals surface area contributed by atoms with Gasteiger partial charge in [0.05, 0.1) is 12.3 Å². The maximum absolute atomic E-state index is 5.53. The summed E-state index contributed by atoms with van der Waals surface area (Å²) in [5, 5.41) is 5.69. The second kappa shape index (κ2) is 6.62. The first-order chi connectivity index (χ1) is 12.8. The van der Waals surface area contributed by atoms with Crippen molar-refractivity contribution in [2.45, 2.75) is 53.9 Å². The molecule has 2 aliphatic carbocycles. The molecule has 4 rings (SSSR count). The highest BCUT2D eigenvalue weighted by Gasteiger charge is 2.59. The number of aryl methyl sites for hydroxylation is 1. The molecule has 1 N–H and O–H groups in total. The van der Waals surface area contributed by atoms with E-state index in [4.69, 9.17) is 14.8 Å². The first-order valence-electron chi connectivity index (χ1n) is 9.89. The van der Waals surface area contributed by atoms with Crippen molar-refractivity contribution in [2.75, 3.05) is 12.0 Å². The van der Waals surface area contributed by atoms with E-state index in [1.54, 1.807) is 11.3 Å². The molecule has 2 saturated carbocycles. The zero-order valence-electron chi connectivity index (χ0n) is 16.9. The third-order valence-corrected chi connectivity index (χ3v) is 7.91. The highest BCUT2D eigenvalue weighted by Crippen LogP contribution is 2.63. The first kappa shape index (κ1) is 18.5. The van der Waals surface area contributed by atoms with Crippen LogP contribution in [0, 0.1) is 23.7 Å². The fourth-order valence-electron chi connectivity index (χ4n) is 4.80. The van der Waals surface area contributed by atoms with Crippen LogP contribution in [0.1, 0.15) is 51.8 Å². The van der Waals surface area contributed by atoms with Gasteiger partial charge in [-0.1, -0.05) is 20.8 Å². The molecular formula is C22H29N3OS. The zero-order valence-corrected chi connectivity index (χ0v) is 17.7. The van der Waals surface area contributed by atoms with Gasteiger partial charge in [0.2, 0.25) is 5.13 Å². The molecule has 2 bridgehead atoms. The Labute approximate surface area is 166 Å². The summed E-state index contributed by atoms with van der Waals surface area (Å²) in [4.78, 5) is 5.99. The van der Waals surface area contributed by atoms with Crippen LogP contribution in [-0.4, -0.2) is 17.3 Å². The van der Waals surface area contributed by atoms with E-state index in [2.05, 4.69) is 45.3 Å². The molecule has 0 unspecified atom stereocenters. The number of hydrazone groups is 1. The molecule has 144 valence electrons. The number of thiazole rings is 1. The minimum Gasteiger partial charge on any atom is -0.494 e. The summed E-state index contributed by atoms with van der Waals surface area (Å²) < 4.78 is 5.53. The van der Waals surface area contributed by atoms with E-state index in [1.165, 1.54) is 23.4 Å². The van der Waals surface area contributed by atoms with Crippen LogP contribution in [0.15, 0.2) is 29.4 Å². The van der Waals surface area contributed by atoms with Crippen molar-refractivity contribution in [1.29, 1.82) is 0 Å². The van der Waals surface area contributed by atoms with Crippen LogP contribution in [0.25, 0.3) is 11.3 Å². The third kappa shape index (κ3) is 2.96. The number of ether oxygens (including phenoxy) is 1. The Morgan fingerprint density at radius 2 is 2.00 bits per heavy atom. The second-order valence-corrected chi connectivity index (χ2v) is 9.75. The van der Waals surface area contributed by atoms with Gasteiger partial charge >= 0.3 is 0 Å². The van der Waals surface area contributed by atoms with Crippen molar-refractivity contribution in [3.05, 3.63) is 29.1 Å². The van der Waals surface area contributed by atoms with E-state index in [1.807, 2.05) is 19.1 Å². The van der Waals surface area contributed by atoms with Crippen LogP contribution in [0.3, 0.4) is 0 Å². The lowest BCUT2D eigenvalue weighted by atomic mass is 9.70. The number of anilines is 1. The van der Waals surface area contributed by atoms with Gasteiger partial charge in [-0.15, -0.1) is 11.3 Å². The highest BCUT2D eigenvalue weighted by atomic mass is 32.1. The average molecular weight is 384 g/mol. The molecule has 2 atom stereocenters. The van der Waals surface area contributed by atoms with Gasteiger partial charge in [-0.05, 0) is 68.7 Å². The van der Waals surface area contributed by atoms with Gasteiger partial charge in [0.1, 0.15) is 5.75 Å². The quantitative estimate of drug-likeness (QED) is 0.632. The van der Waals surface area contributed by atoms with E-state index in [-0.39, 0.29) is 5.41 Å². The SMILES string of the molecule is CCOc1ccc(-c2nc(N/N=C3\C[C@H]4CC[C@]3(C)C4(C)C)sc2C)cc1. The Hall–Kier alpha value is -1.88. The van der Waals surface area contributed by atoms with Gasteiger partial charge in [0.25, 0.3) is 0 Å². The Balaban J connectivity index is 1.53. The Morgan fingerprint density at radius 1 is 1.26 bits per heavy atom. The molecule has 0 spiro atoms. The Kier molecular flexibility index (Phi) is 4.53. The lowest BCUT2D eigenvalue weighted by Crippen LogP contribution is -2.32. The van der Waals surface area contributed by atoms with E-state index in [9.17, 15) is 0 Å². The molecule has 0 radical (unpaired) electrons. The molecule has 1 aromatic carbocycles. The third-order valence-electron chi connectivity index (χ3n) is 7.03. The predicted molar refractivity (Wildman–Crippen MR) is 114 cm³/mol. The number of nitrogens with one attached hydrogen (secondary N) is 1. The summed E-state index contributed by atoms with van der Waals surface area (Å²) >= 11 is 1.67. The first-order valence-corrected chi connectivity index (χ1v) is 10.7. The van der Waals surface area contributed by atoms with Gasteiger partial charge < -0.3 is 4.74 Å². The normalized spacial score (nSPS) is 27.3. The summed E-state index contributed by atoms with van der Waals surface area (Å²) in [6.07, 6.45) is 3.70. The molecule has 1 heterocycles. The van der Waals surface area contributed by atoms with Crippen LogP contribution in [0.5, 0.6) is 5.75 Å². The van der Waals surface area contributed by atoms with Gasteiger partial charge in [-0.2, -0.15) is 5.10 Å². The average Bonchev–Trinajstić information content (AvgIpc) is 3.18. The molecule has 0 amide bonds. The lowest BCUT2D eigenvalue weighted by Gasteiger charge is -2.34. The monoisotopic (exact) mass is 383 g/mol. The van der Waals surface area contributed by atoms with Crippen molar-refractivity contribution < 1.29 is 4.74 Å². The van der Waals surface area contributed by atoms with Gasteiger partial charge in [-0.3, -0.25) is 5.43 Å². The summed E-state index contributed by atoms with van der Waals surface area (Å²) in [6, 6.07) is 8.15. The number of benzene rings is 1. The van der Waals surface area contributed by atoms with Gasteiger partial charge in [0, 0.05) is 21.6 Å². The molecule has 1 aromatic heterocycles. The number of hydrogen-bond acceptors (Lipinski definition) is 5. The van der Waals surface area contributed by atoms with Crippen LogP contribution in [0.2, 0.25) is 0 Å². The van der Waals surface area contributed by atoms with Gasteiger partial charge in [0.15, 0.2) is 0 Å². The number of rotatable bonds is 5. The Bertz CT molecular complexity index is 868. The summed E-state index contributed by atoms with van der Waals surface area (Å²) in [5.41, 5.74) is 7.28. The predicted octanol–water partition coefficient (Wildman–Crippen LogP) is 6.13. The number of hydrogen-bond donors (Lipinski definition) is 1. The van der Waals surface area contributed by atoms with E-state index in [0.29, 0.717) is 12.0 Å². The Morgan fingerprint density at radius 3 is 2.59 bits per heavy atom. The van der Waals surface area contributed by atoms with Crippen molar-refractivity contribution in [1.82, 2.24) is 4.98 Å². The summed E-state index contributed by atoms with van der Waals surface area (Å²) in [6.45, 7) is 12.0. The molecule has 2 aliphatic rings. The fourth-order valence-corrected chi connectivity index (χ4v) is 5.58. The van der Waals surface area contributed by atoms with Crippen molar-refractivity contribution in [3.8, 4) is 17.0 Å². The smallest absolute Gasteiger partial charge is 0.204 e. The molecule has 27 heavy (non-hydrogen) atoms. The largest absolute Gasteiger partial charge is 0.494 e. The van der Waals surface area contributed by atoms with E-state index < -0.39 is 0 Å². The fraction of sp³-hybridized carbons (Fsp3) is 0.545. The molecule has 4 nitrogen and oxygen atoms in total. The van der Waals surface area contributed by atoms with Crippen molar-refractivity contribution in [2.24, 2.45) is 21.8 Å². The van der Waals surface area contributed by atoms with Crippen LogP contribution in [-0.2, 0) is 0 Å². The minimum atomic E-state index is 0.217. The number of nitrogens with zero attached hydrogens (tertiary/aromatic N) is 2. The summed E-state index contributed by atoms with van der Waals surface area (Å²) in [5.74, 6) is 1.66. The standard InChI is InChI=1S/C22H29N3OS/c1-6-26-17-9-7-15(8-10-17)19-14(2)27-20(23-19)25-24-18-13-16-11-12-22(18,5)21(16,3)4/h7-10,16H,6,11-13H2,1-5H3,(H,23,25)/b24-18+/t16-,22+/m1/s1. The molecule has 5 heteroatoms. The molecular weight excluding hydrogens is 354 g/mol. The lowest BCUT2D eigenvalue weighted by molar-refractivity contribution is 0.194. The van der Waals surface area contributed by atoms with E-state index in [0.717, 1.165) is 34.5 Å². The van der Waals surface area contributed by atoms with E-state index >= 15 is 0 Å². The second-order valence-electron chi connectivity index (χ2n) is 8.55. The maximum Gasteiger partial charge on any atom is 0.204 e. The molecule has 2 aromatic rings. The van der Waals surface area contributed by atoms with Crippen LogP contribution in [0.4, 0.5) is 5.13 Å². The molecule has 2 fully saturated rings. The van der Waals surface area contributed by atoms with Crippen molar-refractivity contribution >= 4 is 22.2 Å². The topological polar surface area (TPSA) is 46.5 Å². The number of fused-ring (bicyclic) bond motifs is 2. The molecule has 0 aliphatic heterocycles. The maximum atomic E-state index is 5.53. The minimum absolute atomic E-state index is 0.217. The van der Waals surface area contributed by atoms with Crippen LogP contribution < -0.4 is 10.2 Å². The van der Waals surface area contributed by atoms with Gasteiger partial charge in [-0.25, -0.2) is 4.98 Å². The molecule has 0 saturated heterocycles. The zero-order chi connectivity index (χ0) is 19.2. The highest BCUT2D eigenvalue weighted by molar-refractivity contribution is 7.16. The van der Waals surface area contributed by atoms with Crippen LogP contribution >= 0.6 is 11.3 Å². The number of aromatic nitrogens is 1.